The number of nitrogens with zero attached hydrogens (tertiary/aromatic N) is 2. The second-order valence-electron chi connectivity index (χ2n) is 6.25. The molecule has 0 saturated carbocycles. The zero-order valence-corrected chi connectivity index (χ0v) is 15.1. The number of rotatable bonds is 5. The van der Waals surface area contributed by atoms with E-state index in [-0.39, 0.29) is 29.4 Å². The van der Waals surface area contributed by atoms with Crippen molar-refractivity contribution < 1.29 is 4.74 Å². The molecule has 1 aliphatic heterocycles. The fraction of sp³-hybridized carbons (Fsp3) is 0.929. The average molecular weight is 383 g/mol. The van der Waals surface area contributed by atoms with E-state index in [4.69, 9.17) is 10.5 Å². The van der Waals surface area contributed by atoms with E-state index < -0.39 is 0 Å². The van der Waals surface area contributed by atoms with Crippen LogP contribution in [0.2, 0.25) is 0 Å². The number of methoxy groups -OCH3 is 1. The summed E-state index contributed by atoms with van der Waals surface area (Å²) in [5.74, 6) is 1.54. The Kier molecular flexibility index (Phi) is 8.98. The van der Waals surface area contributed by atoms with Gasteiger partial charge in [0, 0.05) is 33.4 Å². The van der Waals surface area contributed by atoms with Crippen molar-refractivity contribution in [3.05, 3.63) is 0 Å². The van der Waals surface area contributed by atoms with Gasteiger partial charge in [0.1, 0.15) is 0 Å². The highest BCUT2D eigenvalue weighted by atomic mass is 127. The van der Waals surface area contributed by atoms with Crippen molar-refractivity contribution in [3.8, 4) is 0 Å². The Morgan fingerprint density at radius 3 is 2.47 bits per heavy atom. The molecule has 0 aromatic rings. The molecular weight excluding hydrogens is 353 g/mol. The molecule has 0 amide bonds. The van der Waals surface area contributed by atoms with Crippen molar-refractivity contribution in [2.24, 2.45) is 22.1 Å². The van der Waals surface area contributed by atoms with Crippen LogP contribution in [0, 0.1) is 11.3 Å². The van der Waals surface area contributed by atoms with Crippen LogP contribution in [0.15, 0.2) is 4.99 Å². The number of piperidine rings is 1. The highest BCUT2D eigenvalue weighted by Crippen LogP contribution is 2.21. The van der Waals surface area contributed by atoms with Crippen molar-refractivity contribution in [1.82, 2.24) is 4.90 Å². The molecular formula is C14H30IN3O. The van der Waals surface area contributed by atoms with Crippen LogP contribution in [-0.2, 0) is 4.74 Å². The molecule has 1 rings (SSSR count). The Hall–Kier alpha value is -0.0400. The highest BCUT2D eigenvalue weighted by Gasteiger charge is 2.20. The zero-order valence-electron chi connectivity index (χ0n) is 12.8. The minimum atomic E-state index is 0. The monoisotopic (exact) mass is 383 g/mol. The first-order chi connectivity index (χ1) is 8.44. The van der Waals surface area contributed by atoms with E-state index in [1.165, 1.54) is 12.8 Å². The molecule has 1 aliphatic rings. The zero-order chi connectivity index (χ0) is 13.6. The first kappa shape index (κ1) is 19.0. The van der Waals surface area contributed by atoms with Crippen LogP contribution in [0.25, 0.3) is 0 Å². The Labute approximate surface area is 135 Å². The first-order valence-electron chi connectivity index (χ1n) is 6.98. The van der Waals surface area contributed by atoms with Crippen LogP contribution in [-0.4, -0.2) is 44.2 Å². The molecule has 114 valence electrons. The van der Waals surface area contributed by atoms with Gasteiger partial charge >= 0.3 is 0 Å². The van der Waals surface area contributed by atoms with Gasteiger partial charge in [-0.25, -0.2) is 0 Å². The largest absolute Gasteiger partial charge is 0.385 e. The molecule has 0 aliphatic carbocycles. The summed E-state index contributed by atoms with van der Waals surface area (Å²) in [4.78, 5) is 6.78. The predicted octanol–water partition coefficient (Wildman–Crippen LogP) is 2.71. The first-order valence-corrected chi connectivity index (χ1v) is 6.98. The van der Waals surface area contributed by atoms with E-state index in [0.717, 1.165) is 38.6 Å². The van der Waals surface area contributed by atoms with Gasteiger partial charge in [0.05, 0.1) is 0 Å². The molecule has 0 bridgehead atoms. The molecule has 4 nitrogen and oxygen atoms in total. The van der Waals surface area contributed by atoms with Crippen LogP contribution in [0.1, 0.15) is 40.0 Å². The number of hydrogen-bond donors (Lipinski definition) is 1. The van der Waals surface area contributed by atoms with Crippen molar-refractivity contribution in [2.45, 2.75) is 40.0 Å². The maximum absolute atomic E-state index is 6.07. The number of nitrogens with two attached hydrogens (primary N) is 1. The van der Waals surface area contributed by atoms with Crippen molar-refractivity contribution in [3.63, 3.8) is 0 Å². The summed E-state index contributed by atoms with van der Waals surface area (Å²) < 4.78 is 5.12. The fourth-order valence-electron chi connectivity index (χ4n) is 2.09. The molecule has 5 heteroatoms. The second-order valence-corrected chi connectivity index (χ2v) is 6.25. The van der Waals surface area contributed by atoms with E-state index in [1.807, 2.05) is 0 Å². The number of halogens is 1. The number of ether oxygens (including phenoxy) is 1. The third kappa shape index (κ3) is 7.34. The van der Waals surface area contributed by atoms with Gasteiger partial charge in [0.15, 0.2) is 5.96 Å². The van der Waals surface area contributed by atoms with E-state index in [9.17, 15) is 0 Å². The molecule has 19 heavy (non-hydrogen) atoms. The lowest BCUT2D eigenvalue weighted by Gasteiger charge is -2.31. The van der Waals surface area contributed by atoms with Gasteiger partial charge in [0.25, 0.3) is 0 Å². The standard InChI is InChI=1S/C14H29N3O.HI/c1-12-5-8-17(9-6-12)13(15)16-11-14(2,3)7-10-18-4;/h12H,5-11H2,1-4H3,(H2,15,16);1H. The lowest BCUT2D eigenvalue weighted by Crippen LogP contribution is -2.43. The SMILES string of the molecule is COCCC(C)(C)CN=C(N)N1CCC(C)CC1.I. The van der Waals surface area contributed by atoms with Gasteiger partial charge in [-0.1, -0.05) is 20.8 Å². The Morgan fingerprint density at radius 2 is 1.95 bits per heavy atom. The Morgan fingerprint density at radius 1 is 1.37 bits per heavy atom. The molecule has 0 aromatic heterocycles. The quantitative estimate of drug-likeness (QED) is 0.451. The highest BCUT2D eigenvalue weighted by molar-refractivity contribution is 14.0. The molecule has 2 N–H and O–H groups in total. The topological polar surface area (TPSA) is 50.9 Å². The molecule has 1 saturated heterocycles. The van der Waals surface area contributed by atoms with Crippen molar-refractivity contribution >= 4 is 29.9 Å². The van der Waals surface area contributed by atoms with E-state index in [1.54, 1.807) is 7.11 Å². The fourth-order valence-corrected chi connectivity index (χ4v) is 2.09. The van der Waals surface area contributed by atoms with Gasteiger partial charge in [-0.05, 0) is 30.6 Å². The molecule has 0 aromatic carbocycles. The number of guanidine groups is 1. The number of hydrogen-bond acceptors (Lipinski definition) is 2. The van der Waals surface area contributed by atoms with Crippen LogP contribution in [0.4, 0.5) is 0 Å². The molecule has 0 unspecified atom stereocenters. The van der Waals surface area contributed by atoms with Gasteiger partial charge in [0.2, 0.25) is 0 Å². The van der Waals surface area contributed by atoms with Gasteiger partial charge in [-0.15, -0.1) is 24.0 Å². The third-order valence-electron chi connectivity index (χ3n) is 3.76. The minimum absolute atomic E-state index is 0. The summed E-state index contributed by atoms with van der Waals surface area (Å²) in [5.41, 5.74) is 6.23. The Bertz CT molecular complexity index is 274. The molecule has 0 atom stereocenters. The van der Waals surface area contributed by atoms with E-state index in [0.29, 0.717) is 5.96 Å². The maximum Gasteiger partial charge on any atom is 0.191 e. The average Bonchev–Trinajstić information content (AvgIpc) is 2.35. The molecule has 0 spiro atoms. The molecule has 0 radical (unpaired) electrons. The summed E-state index contributed by atoms with van der Waals surface area (Å²) >= 11 is 0. The van der Waals surface area contributed by atoms with Crippen LogP contribution < -0.4 is 5.73 Å². The smallest absolute Gasteiger partial charge is 0.191 e. The normalized spacial score (nSPS) is 18.3. The third-order valence-corrected chi connectivity index (χ3v) is 3.76. The van der Waals surface area contributed by atoms with Crippen LogP contribution in [0.5, 0.6) is 0 Å². The van der Waals surface area contributed by atoms with Crippen LogP contribution >= 0.6 is 24.0 Å². The summed E-state index contributed by atoms with van der Waals surface area (Å²) in [6.45, 7) is 10.4. The van der Waals surface area contributed by atoms with Crippen molar-refractivity contribution in [2.75, 3.05) is 33.4 Å². The number of likely N-dealkylation sites (tertiary alicyclic amines) is 1. The van der Waals surface area contributed by atoms with Gasteiger partial charge in [-0.3, -0.25) is 4.99 Å². The van der Waals surface area contributed by atoms with Crippen molar-refractivity contribution in [1.29, 1.82) is 0 Å². The lowest BCUT2D eigenvalue weighted by molar-refractivity contribution is 0.155. The van der Waals surface area contributed by atoms with Gasteiger partial charge < -0.3 is 15.4 Å². The summed E-state index contributed by atoms with van der Waals surface area (Å²) in [5, 5.41) is 0. The Balaban J connectivity index is 0.00000324. The summed E-state index contributed by atoms with van der Waals surface area (Å²) in [7, 11) is 1.74. The molecule has 1 heterocycles. The summed E-state index contributed by atoms with van der Waals surface area (Å²) in [6.07, 6.45) is 3.46. The second kappa shape index (κ2) is 9.00. The van der Waals surface area contributed by atoms with Gasteiger partial charge in [-0.2, -0.15) is 0 Å². The minimum Gasteiger partial charge on any atom is -0.385 e. The summed E-state index contributed by atoms with van der Waals surface area (Å²) in [6, 6.07) is 0. The maximum atomic E-state index is 6.07. The lowest BCUT2D eigenvalue weighted by atomic mass is 9.90. The predicted molar refractivity (Wildman–Crippen MR) is 92.1 cm³/mol. The van der Waals surface area contributed by atoms with Crippen LogP contribution in [0.3, 0.4) is 0 Å². The molecule has 1 fully saturated rings. The number of aliphatic imine (C=N–C) groups is 1. The van der Waals surface area contributed by atoms with E-state index in [2.05, 4.69) is 30.7 Å². The van der Waals surface area contributed by atoms with E-state index >= 15 is 0 Å².